The first-order valence-corrected chi connectivity index (χ1v) is 6.64. The van der Waals surface area contributed by atoms with E-state index >= 15 is 0 Å². The molecule has 2 aromatic carbocycles. The highest BCUT2D eigenvalue weighted by Crippen LogP contribution is 2.32. The molecule has 0 saturated carbocycles. The topological polar surface area (TPSA) is 35.2 Å². The van der Waals surface area contributed by atoms with Gasteiger partial charge in [-0.1, -0.05) is 18.2 Å². The van der Waals surface area contributed by atoms with Crippen LogP contribution in [0.25, 0.3) is 0 Å². The van der Waals surface area contributed by atoms with E-state index in [1.807, 2.05) is 24.3 Å². The summed E-state index contributed by atoms with van der Waals surface area (Å²) in [5.74, 6) is 0.827. The second-order valence-electron chi connectivity index (χ2n) is 3.97. The third-order valence-corrected chi connectivity index (χ3v) is 3.42. The van der Waals surface area contributed by atoms with E-state index < -0.39 is 6.04 Å². The number of halogens is 2. The summed E-state index contributed by atoms with van der Waals surface area (Å²) >= 11 is 2.17. The summed E-state index contributed by atoms with van der Waals surface area (Å²) in [5, 5.41) is 0. The van der Waals surface area contributed by atoms with E-state index in [2.05, 4.69) is 22.6 Å². The number of ether oxygens (including phenoxy) is 1. The Morgan fingerprint density at radius 1 is 1.11 bits per heavy atom. The second-order valence-corrected chi connectivity index (χ2v) is 5.13. The van der Waals surface area contributed by atoms with Crippen LogP contribution >= 0.6 is 22.6 Å². The SMILES string of the molecule is CC(N)c1c(F)cccc1Oc1ccccc1I. The number of hydrogen-bond acceptors (Lipinski definition) is 2. The predicted octanol–water partition coefficient (Wildman–Crippen LogP) is 4.24. The Morgan fingerprint density at radius 2 is 1.78 bits per heavy atom. The van der Waals surface area contributed by atoms with Gasteiger partial charge in [0.2, 0.25) is 0 Å². The van der Waals surface area contributed by atoms with Crippen LogP contribution < -0.4 is 10.5 Å². The van der Waals surface area contributed by atoms with E-state index in [1.165, 1.54) is 6.07 Å². The zero-order valence-corrected chi connectivity index (χ0v) is 12.0. The normalized spacial score (nSPS) is 12.2. The molecule has 0 fully saturated rings. The maximum atomic E-state index is 13.7. The van der Waals surface area contributed by atoms with Crippen molar-refractivity contribution in [2.75, 3.05) is 0 Å². The molecule has 1 unspecified atom stereocenters. The quantitative estimate of drug-likeness (QED) is 0.834. The van der Waals surface area contributed by atoms with E-state index in [9.17, 15) is 4.39 Å². The minimum atomic E-state index is -0.414. The van der Waals surface area contributed by atoms with Gasteiger partial charge in [-0.05, 0) is 53.8 Å². The predicted molar refractivity (Wildman–Crippen MR) is 78.2 cm³/mol. The molecule has 4 heteroatoms. The van der Waals surface area contributed by atoms with Crippen molar-refractivity contribution in [2.24, 2.45) is 5.73 Å². The first-order chi connectivity index (χ1) is 8.59. The molecule has 1 atom stereocenters. The van der Waals surface area contributed by atoms with Crippen molar-refractivity contribution in [2.45, 2.75) is 13.0 Å². The molecule has 0 aliphatic rings. The molecule has 2 rings (SSSR count). The fourth-order valence-corrected chi connectivity index (χ4v) is 2.19. The molecular weight excluding hydrogens is 344 g/mol. The van der Waals surface area contributed by atoms with Gasteiger partial charge in [0.25, 0.3) is 0 Å². The van der Waals surface area contributed by atoms with Gasteiger partial charge < -0.3 is 10.5 Å². The largest absolute Gasteiger partial charge is 0.456 e. The number of benzene rings is 2. The number of para-hydroxylation sites is 1. The molecule has 94 valence electrons. The van der Waals surface area contributed by atoms with Gasteiger partial charge in [-0.2, -0.15) is 0 Å². The molecule has 0 bridgehead atoms. The van der Waals surface area contributed by atoms with Crippen molar-refractivity contribution in [3.8, 4) is 11.5 Å². The molecule has 18 heavy (non-hydrogen) atoms. The maximum absolute atomic E-state index is 13.7. The summed E-state index contributed by atoms with van der Waals surface area (Å²) < 4.78 is 20.5. The van der Waals surface area contributed by atoms with Crippen LogP contribution in [0, 0.1) is 9.39 Å². The van der Waals surface area contributed by atoms with Crippen LogP contribution in [0.2, 0.25) is 0 Å². The van der Waals surface area contributed by atoms with Crippen LogP contribution in [0.5, 0.6) is 11.5 Å². The Balaban J connectivity index is 2.41. The number of nitrogens with two attached hydrogens (primary N) is 1. The van der Waals surface area contributed by atoms with E-state index in [0.717, 1.165) is 3.57 Å². The first kappa shape index (κ1) is 13.3. The van der Waals surface area contributed by atoms with Crippen molar-refractivity contribution >= 4 is 22.6 Å². The molecule has 0 spiro atoms. The number of rotatable bonds is 3. The van der Waals surface area contributed by atoms with E-state index in [4.69, 9.17) is 10.5 Å². The van der Waals surface area contributed by atoms with Gasteiger partial charge in [0.05, 0.1) is 3.57 Å². The minimum Gasteiger partial charge on any atom is -0.456 e. The lowest BCUT2D eigenvalue weighted by atomic mass is 10.1. The Bertz CT molecular complexity index is 557. The molecule has 0 aliphatic heterocycles. The second kappa shape index (κ2) is 5.67. The van der Waals surface area contributed by atoms with Crippen LogP contribution in [0.4, 0.5) is 4.39 Å². The molecule has 0 radical (unpaired) electrons. The van der Waals surface area contributed by atoms with Crippen molar-refractivity contribution in [3.63, 3.8) is 0 Å². The molecule has 0 aromatic heterocycles. The number of hydrogen-bond donors (Lipinski definition) is 1. The lowest BCUT2D eigenvalue weighted by molar-refractivity contribution is 0.458. The maximum Gasteiger partial charge on any atom is 0.140 e. The average Bonchev–Trinajstić information content (AvgIpc) is 2.31. The lowest BCUT2D eigenvalue weighted by Crippen LogP contribution is -2.09. The molecule has 0 aliphatic carbocycles. The summed E-state index contributed by atoms with van der Waals surface area (Å²) in [6.45, 7) is 1.74. The summed E-state index contributed by atoms with van der Waals surface area (Å²) in [4.78, 5) is 0. The van der Waals surface area contributed by atoms with Crippen LogP contribution in [0.3, 0.4) is 0 Å². The van der Waals surface area contributed by atoms with Gasteiger partial charge in [-0.25, -0.2) is 4.39 Å². The smallest absolute Gasteiger partial charge is 0.140 e. The van der Waals surface area contributed by atoms with Gasteiger partial charge in [-0.15, -0.1) is 0 Å². The average molecular weight is 357 g/mol. The lowest BCUT2D eigenvalue weighted by Gasteiger charge is -2.15. The van der Waals surface area contributed by atoms with E-state index in [-0.39, 0.29) is 5.82 Å². The van der Waals surface area contributed by atoms with Crippen LogP contribution in [-0.2, 0) is 0 Å². The molecule has 0 amide bonds. The van der Waals surface area contributed by atoms with Gasteiger partial charge in [-0.3, -0.25) is 0 Å². The van der Waals surface area contributed by atoms with Gasteiger partial charge >= 0.3 is 0 Å². The Kier molecular flexibility index (Phi) is 4.19. The highest BCUT2D eigenvalue weighted by molar-refractivity contribution is 14.1. The molecular formula is C14H13FINO. The third-order valence-electron chi connectivity index (χ3n) is 2.52. The van der Waals surface area contributed by atoms with Gasteiger partial charge in [0, 0.05) is 11.6 Å². The third kappa shape index (κ3) is 2.81. The zero-order chi connectivity index (χ0) is 13.1. The summed E-state index contributed by atoms with van der Waals surface area (Å²) in [6, 6.07) is 11.9. The highest BCUT2D eigenvalue weighted by Gasteiger charge is 2.14. The molecule has 2 aromatic rings. The Labute approximate surface area is 119 Å². The Morgan fingerprint density at radius 3 is 2.44 bits per heavy atom. The summed E-state index contributed by atoms with van der Waals surface area (Å²) in [5.41, 5.74) is 6.19. The molecule has 2 nitrogen and oxygen atoms in total. The minimum absolute atomic E-state index is 0.339. The highest BCUT2D eigenvalue weighted by atomic mass is 127. The fourth-order valence-electron chi connectivity index (χ4n) is 1.69. The summed E-state index contributed by atoms with van der Waals surface area (Å²) in [6.07, 6.45) is 0. The Hall–Kier alpha value is -1.14. The standard InChI is InChI=1S/C14H13FINO/c1-9(17)14-10(15)5-4-8-13(14)18-12-7-3-2-6-11(12)16/h2-9H,17H2,1H3. The monoisotopic (exact) mass is 357 g/mol. The molecule has 2 N–H and O–H groups in total. The van der Waals surface area contributed by atoms with Gasteiger partial charge in [0.1, 0.15) is 17.3 Å². The van der Waals surface area contributed by atoms with E-state index in [1.54, 1.807) is 19.1 Å². The summed E-state index contributed by atoms with van der Waals surface area (Å²) in [7, 11) is 0. The zero-order valence-electron chi connectivity index (χ0n) is 9.86. The van der Waals surface area contributed by atoms with Gasteiger partial charge in [0.15, 0.2) is 0 Å². The van der Waals surface area contributed by atoms with Crippen molar-refractivity contribution in [1.82, 2.24) is 0 Å². The van der Waals surface area contributed by atoms with Crippen molar-refractivity contribution < 1.29 is 9.13 Å². The molecule has 0 heterocycles. The van der Waals surface area contributed by atoms with Crippen LogP contribution in [0.15, 0.2) is 42.5 Å². The van der Waals surface area contributed by atoms with E-state index in [0.29, 0.717) is 17.1 Å². The van der Waals surface area contributed by atoms with Crippen LogP contribution in [-0.4, -0.2) is 0 Å². The van der Waals surface area contributed by atoms with Crippen molar-refractivity contribution in [1.29, 1.82) is 0 Å². The van der Waals surface area contributed by atoms with Crippen LogP contribution in [0.1, 0.15) is 18.5 Å². The molecule has 0 saturated heterocycles. The van der Waals surface area contributed by atoms with Crippen molar-refractivity contribution in [3.05, 3.63) is 57.4 Å². The fraction of sp³-hybridized carbons (Fsp3) is 0.143. The first-order valence-electron chi connectivity index (χ1n) is 5.56.